The molecule has 1 aliphatic rings. The van der Waals surface area contributed by atoms with Gasteiger partial charge in [-0.1, -0.05) is 38.1 Å². The van der Waals surface area contributed by atoms with E-state index in [0.717, 1.165) is 35.3 Å². The van der Waals surface area contributed by atoms with E-state index in [-0.39, 0.29) is 5.57 Å². The van der Waals surface area contributed by atoms with E-state index in [1.807, 2.05) is 30.3 Å². The number of carbonyl (C=O) groups is 2. The van der Waals surface area contributed by atoms with Gasteiger partial charge in [0.25, 0.3) is 5.91 Å². The van der Waals surface area contributed by atoms with E-state index in [1.165, 1.54) is 24.0 Å². The molecule has 1 aromatic carbocycles. The number of carbonyl (C=O) groups excluding carboxylic acids is 2. The molecular weight excluding hydrogens is 372 g/mol. The summed E-state index contributed by atoms with van der Waals surface area (Å²) in [6.45, 7) is 4.21. The molecule has 0 saturated heterocycles. The standard InChI is InChI=1S/C22H22N2O3S/c1-13(2)15-9-7-14(8-10-15)11-16(12-23)20(25)24-21-19(22(26)27-3)17-5-4-6-18(17)28-21/h7-11,13H,4-6H2,1-3H3,(H,24,25)/b16-11-. The molecule has 1 aliphatic carbocycles. The lowest BCUT2D eigenvalue weighted by atomic mass is 10.0. The van der Waals surface area contributed by atoms with E-state index in [4.69, 9.17) is 4.74 Å². The number of hydrogen-bond acceptors (Lipinski definition) is 5. The van der Waals surface area contributed by atoms with Crippen molar-refractivity contribution in [3.63, 3.8) is 0 Å². The zero-order valence-electron chi connectivity index (χ0n) is 16.2. The molecule has 0 bridgehead atoms. The molecule has 0 aliphatic heterocycles. The molecule has 1 N–H and O–H groups in total. The number of methoxy groups -OCH3 is 1. The number of nitrogens with one attached hydrogen (secondary N) is 1. The Hall–Kier alpha value is -2.91. The van der Waals surface area contributed by atoms with Crippen LogP contribution in [0.15, 0.2) is 29.8 Å². The van der Waals surface area contributed by atoms with Gasteiger partial charge in [0.2, 0.25) is 0 Å². The number of esters is 1. The smallest absolute Gasteiger partial charge is 0.341 e. The summed E-state index contributed by atoms with van der Waals surface area (Å²) in [6.07, 6.45) is 4.24. The Morgan fingerprint density at radius 1 is 1.25 bits per heavy atom. The lowest BCUT2D eigenvalue weighted by Crippen LogP contribution is -2.15. The van der Waals surface area contributed by atoms with Gasteiger partial charge in [0, 0.05) is 4.88 Å². The number of ether oxygens (including phenoxy) is 1. The van der Waals surface area contributed by atoms with Crippen molar-refractivity contribution >= 4 is 34.3 Å². The van der Waals surface area contributed by atoms with Crippen LogP contribution >= 0.6 is 11.3 Å². The van der Waals surface area contributed by atoms with Crippen LogP contribution in [0.25, 0.3) is 6.08 Å². The first-order valence-corrected chi connectivity index (χ1v) is 10.0. The van der Waals surface area contributed by atoms with Crippen LogP contribution in [0.1, 0.15) is 58.1 Å². The zero-order valence-corrected chi connectivity index (χ0v) is 17.0. The highest BCUT2D eigenvalue weighted by molar-refractivity contribution is 7.17. The van der Waals surface area contributed by atoms with Gasteiger partial charge in [0.1, 0.15) is 16.6 Å². The predicted octanol–water partition coefficient (Wildman–Crippen LogP) is 4.69. The first-order chi connectivity index (χ1) is 13.4. The van der Waals surface area contributed by atoms with Crippen molar-refractivity contribution in [2.75, 3.05) is 12.4 Å². The van der Waals surface area contributed by atoms with Crippen LogP contribution in [0.3, 0.4) is 0 Å². The average molecular weight is 394 g/mol. The van der Waals surface area contributed by atoms with E-state index >= 15 is 0 Å². The van der Waals surface area contributed by atoms with Crippen LogP contribution in [0.2, 0.25) is 0 Å². The lowest BCUT2D eigenvalue weighted by Gasteiger charge is -2.07. The van der Waals surface area contributed by atoms with Gasteiger partial charge in [-0.3, -0.25) is 4.79 Å². The van der Waals surface area contributed by atoms with Gasteiger partial charge in [-0.05, 0) is 47.9 Å². The van der Waals surface area contributed by atoms with Crippen molar-refractivity contribution in [1.29, 1.82) is 5.26 Å². The van der Waals surface area contributed by atoms with Crippen molar-refractivity contribution in [1.82, 2.24) is 0 Å². The maximum atomic E-state index is 12.7. The largest absolute Gasteiger partial charge is 0.465 e. The SMILES string of the molecule is COC(=O)c1c(NC(=O)/C(C#N)=C\c2ccc(C(C)C)cc2)sc2c1CCC2. The van der Waals surface area contributed by atoms with Crippen LogP contribution in [-0.4, -0.2) is 19.0 Å². The van der Waals surface area contributed by atoms with Crippen LogP contribution in [0, 0.1) is 11.3 Å². The Morgan fingerprint density at radius 3 is 2.57 bits per heavy atom. The molecule has 0 radical (unpaired) electrons. The topological polar surface area (TPSA) is 79.2 Å². The summed E-state index contributed by atoms with van der Waals surface area (Å²) in [6, 6.07) is 9.71. The third-order valence-corrected chi connectivity index (χ3v) is 6.02. The maximum Gasteiger partial charge on any atom is 0.341 e. The molecule has 0 fully saturated rings. The second-order valence-electron chi connectivity index (χ2n) is 7.00. The molecule has 5 nitrogen and oxygen atoms in total. The third kappa shape index (κ3) is 4.00. The highest BCUT2D eigenvalue weighted by Gasteiger charge is 2.28. The number of amides is 1. The fourth-order valence-electron chi connectivity index (χ4n) is 3.27. The molecule has 6 heteroatoms. The lowest BCUT2D eigenvalue weighted by molar-refractivity contribution is -0.112. The van der Waals surface area contributed by atoms with Gasteiger partial charge in [-0.2, -0.15) is 5.26 Å². The Balaban J connectivity index is 1.85. The van der Waals surface area contributed by atoms with Crippen LogP contribution in [-0.2, 0) is 22.4 Å². The highest BCUT2D eigenvalue weighted by atomic mass is 32.1. The van der Waals surface area contributed by atoms with Gasteiger partial charge in [0.05, 0.1) is 12.7 Å². The third-order valence-electron chi connectivity index (χ3n) is 4.82. The normalized spacial score (nSPS) is 13.2. The maximum absolute atomic E-state index is 12.7. The quantitative estimate of drug-likeness (QED) is 0.453. The predicted molar refractivity (Wildman–Crippen MR) is 110 cm³/mol. The monoisotopic (exact) mass is 394 g/mol. The van der Waals surface area contributed by atoms with Gasteiger partial charge in [0.15, 0.2) is 0 Å². The first kappa shape index (κ1) is 19.8. The summed E-state index contributed by atoms with van der Waals surface area (Å²) in [5.74, 6) is -0.573. The molecule has 0 atom stereocenters. The first-order valence-electron chi connectivity index (χ1n) is 9.20. The number of rotatable bonds is 5. The summed E-state index contributed by atoms with van der Waals surface area (Å²) in [5, 5.41) is 12.7. The van der Waals surface area contributed by atoms with Gasteiger partial charge in [-0.25, -0.2) is 4.79 Å². The number of benzene rings is 1. The summed E-state index contributed by atoms with van der Waals surface area (Å²) in [7, 11) is 1.33. The van der Waals surface area contributed by atoms with Crippen molar-refractivity contribution < 1.29 is 14.3 Å². The minimum atomic E-state index is -0.527. The number of anilines is 1. The van der Waals surface area contributed by atoms with E-state index in [0.29, 0.717) is 16.5 Å². The highest BCUT2D eigenvalue weighted by Crippen LogP contribution is 2.39. The number of fused-ring (bicyclic) bond motifs is 1. The second-order valence-corrected chi connectivity index (χ2v) is 8.10. The van der Waals surface area contributed by atoms with Crippen LogP contribution in [0.4, 0.5) is 5.00 Å². The molecular formula is C22H22N2O3S. The zero-order chi connectivity index (χ0) is 20.3. The van der Waals surface area contributed by atoms with Crippen LogP contribution < -0.4 is 5.32 Å². The van der Waals surface area contributed by atoms with E-state index in [2.05, 4.69) is 19.2 Å². The molecule has 2 aromatic rings. The number of nitrogens with zero attached hydrogens (tertiary/aromatic N) is 1. The molecule has 3 rings (SSSR count). The molecule has 0 saturated carbocycles. The molecule has 0 spiro atoms. The molecule has 144 valence electrons. The number of thiophene rings is 1. The summed E-state index contributed by atoms with van der Waals surface area (Å²) in [4.78, 5) is 26.0. The van der Waals surface area contributed by atoms with Crippen molar-refractivity contribution in [2.45, 2.75) is 39.0 Å². The second kappa shape index (κ2) is 8.41. The Bertz CT molecular complexity index is 978. The number of hydrogen-bond donors (Lipinski definition) is 1. The van der Waals surface area contributed by atoms with Gasteiger partial charge in [-0.15, -0.1) is 11.3 Å². The summed E-state index contributed by atoms with van der Waals surface area (Å²) < 4.78 is 4.89. The fourth-order valence-corrected chi connectivity index (χ4v) is 4.55. The molecule has 28 heavy (non-hydrogen) atoms. The fraction of sp³-hybridized carbons (Fsp3) is 0.318. The molecule has 0 unspecified atom stereocenters. The summed E-state index contributed by atoms with van der Waals surface area (Å²) >= 11 is 1.39. The molecule has 1 amide bonds. The number of nitriles is 1. The molecule has 1 heterocycles. The van der Waals surface area contributed by atoms with Crippen LogP contribution in [0.5, 0.6) is 0 Å². The van der Waals surface area contributed by atoms with Crippen molar-refractivity contribution in [3.8, 4) is 6.07 Å². The van der Waals surface area contributed by atoms with Crippen molar-refractivity contribution in [2.24, 2.45) is 0 Å². The average Bonchev–Trinajstić information content (AvgIpc) is 3.26. The van der Waals surface area contributed by atoms with Gasteiger partial charge < -0.3 is 10.1 Å². The Labute approximate surface area is 168 Å². The number of aryl methyl sites for hydroxylation is 1. The minimum Gasteiger partial charge on any atom is -0.465 e. The van der Waals surface area contributed by atoms with E-state index in [1.54, 1.807) is 6.08 Å². The minimum absolute atomic E-state index is 0.0123. The van der Waals surface area contributed by atoms with Gasteiger partial charge >= 0.3 is 5.97 Å². The molecule has 1 aromatic heterocycles. The Kier molecular flexibility index (Phi) is 5.96. The Morgan fingerprint density at radius 2 is 1.96 bits per heavy atom. The summed E-state index contributed by atoms with van der Waals surface area (Å²) in [5.41, 5.74) is 3.33. The van der Waals surface area contributed by atoms with E-state index in [9.17, 15) is 14.9 Å². The van der Waals surface area contributed by atoms with Crippen molar-refractivity contribution in [3.05, 3.63) is 57.0 Å². The van der Waals surface area contributed by atoms with E-state index < -0.39 is 11.9 Å².